The average molecular weight is 299 g/mol. The maximum atomic E-state index is 11.8. The van der Waals surface area contributed by atoms with Gasteiger partial charge in [0, 0.05) is 18.2 Å². The van der Waals surface area contributed by atoms with Gasteiger partial charge in [-0.1, -0.05) is 48.5 Å². The van der Waals surface area contributed by atoms with E-state index in [0.29, 0.717) is 18.7 Å². The van der Waals surface area contributed by atoms with Gasteiger partial charge in [0.05, 0.1) is 13.0 Å². The number of phenols is 1. The van der Waals surface area contributed by atoms with Crippen molar-refractivity contribution in [1.82, 2.24) is 5.32 Å². The van der Waals surface area contributed by atoms with Crippen LogP contribution in [0.2, 0.25) is 0 Å². The fraction of sp³-hybridized carbons (Fsp3) is 0.278. The van der Waals surface area contributed by atoms with E-state index in [1.165, 1.54) is 0 Å². The SMILES string of the molecule is CCOC(=O)CC(NCc1ccccc1)c1ccccc1O. The standard InChI is InChI=1S/C18H21NO3/c1-2-22-18(21)12-16(15-10-6-7-11-17(15)20)19-13-14-8-4-3-5-9-14/h3-11,16,19-20H,2,12-13H2,1H3. The lowest BCUT2D eigenvalue weighted by atomic mass is 10.0. The van der Waals surface area contributed by atoms with Gasteiger partial charge >= 0.3 is 5.97 Å². The molecule has 0 bridgehead atoms. The summed E-state index contributed by atoms with van der Waals surface area (Å²) in [5, 5.41) is 13.4. The third-order valence-corrected chi connectivity index (χ3v) is 3.38. The fourth-order valence-corrected chi connectivity index (χ4v) is 2.30. The monoisotopic (exact) mass is 299 g/mol. The minimum Gasteiger partial charge on any atom is -0.508 e. The zero-order valence-corrected chi connectivity index (χ0v) is 12.7. The van der Waals surface area contributed by atoms with Gasteiger partial charge in [-0.3, -0.25) is 4.79 Å². The number of rotatable bonds is 7. The Balaban J connectivity index is 2.11. The van der Waals surface area contributed by atoms with E-state index in [1.54, 1.807) is 19.1 Å². The van der Waals surface area contributed by atoms with E-state index in [9.17, 15) is 9.90 Å². The van der Waals surface area contributed by atoms with Crippen LogP contribution in [0.1, 0.15) is 30.5 Å². The van der Waals surface area contributed by atoms with Crippen LogP contribution in [0.25, 0.3) is 0 Å². The first-order valence-corrected chi connectivity index (χ1v) is 7.41. The van der Waals surface area contributed by atoms with Crippen molar-refractivity contribution in [2.45, 2.75) is 25.9 Å². The number of ether oxygens (including phenoxy) is 1. The Morgan fingerprint density at radius 2 is 1.82 bits per heavy atom. The maximum absolute atomic E-state index is 11.8. The predicted molar refractivity (Wildman–Crippen MR) is 85.4 cm³/mol. The van der Waals surface area contributed by atoms with E-state index in [-0.39, 0.29) is 24.2 Å². The Morgan fingerprint density at radius 1 is 1.14 bits per heavy atom. The van der Waals surface area contributed by atoms with Crippen LogP contribution in [0.3, 0.4) is 0 Å². The number of carbonyl (C=O) groups excluding carboxylic acids is 1. The Kier molecular flexibility index (Phi) is 5.98. The van der Waals surface area contributed by atoms with E-state index in [1.807, 2.05) is 42.5 Å². The molecule has 4 heteroatoms. The van der Waals surface area contributed by atoms with Crippen molar-refractivity contribution >= 4 is 5.97 Å². The molecule has 0 spiro atoms. The van der Waals surface area contributed by atoms with Crippen LogP contribution in [-0.4, -0.2) is 17.7 Å². The molecule has 1 unspecified atom stereocenters. The van der Waals surface area contributed by atoms with Gasteiger partial charge in [-0.15, -0.1) is 0 Å². The number of carbonyl (C=O) groups is 1. The molecule has 2 rings (SSSR count). The van der Waals surface area contributed by atoms with Gasteiger partial charge in [-0.05, 0) is 18.6 Å². The lowest BCUT2D eigenvalue weighted by Gasteiger charge is -2.19. The molecule has 0 radical (unpaired) electrons. The third-order valence-electron chi connectivity index (χ3n) is 3.38. The summed E-state index contributed by atoms with van der Waals surface area (Å²) in [6.45, 7) is 2.74. The molecule has 2 N–H and O–H groups in total. The van der Waals surface area contributed by atoms with Crippen molar-refractivity contribution in [3.05, 3.63) is 65.7 Å². The molecule has 22 heavy (non-hydrogen) atoms. The van der Waals surface area contributed by atoms with Crippen molar-refractivity contribution in [2.75, 3.05) is 6.61 Å². The molecular formula is C18H21NO3. The molecule has 1 atom stereocenters. The van der Waals surface area contributed by atoms with Crippen molar-refractivity contribution in [3.63, 3.8) is 0 Å². The largest absolute Gasteiger partial charge is 0.508 e. The second-order valence-corrected chi connectivity index (χ2v) is 4.99. The molecule has 0 aliphatic carbocycles. The second kappa shape index (κ2) is 8.20. The lowest BCUT2D eigenvalue weighted by Crippen LogP contribution is -2.24. The average Bonchev–Trinajstić information content (AvgIpc) is 2.53. The van der Waals surface area contributed by atoms with Crippen LogP contribution in [0, 0.1) is 0 Å². The van der Waals surface area contributed by atoms with Gasteiger partial charge in [0.1, 0.15) is 5.75 Å². The van der Waals surface area contributed by atoms with Gasteiger partial charge in [0.15, 0.2) is 0 Å². The van der Waals surface area contributed by atoms with Crippen LogP contribution in [0.5, 0.6) is 5.75 Å². The van der Waals surface area contributed by atoms with E-state index in [0.717, 1.165) is 5.56 Å². The predicted octanol–water partition coefficient (Wildman–Crippen LogP) is 3.18. The molecule has 116 valence electrons. The summed E-state index contributed by atoms with van der Waals surface area (Å²) in [4.78, 5) is 11.8. The molecule has 0 saturated heterocycles. The van der Waals surface area contributed by atoms with Gasteiger partial charge < -0.3 is 15.2 Å². The smallest absolute Gasteiger partial charge is 0.307 e. The molecule has 0 aliphatic heterocycles. The zero-order valence-electron chi connectivity index (χ0n) is 12.7. The van der Waals surface area contributed by atoms with Crippen molar-refractivity contribution < 1.29 is 14.6 Å². The fourth-order valence-electron chi connectivity index (χ4n) is 2.30. The Morgan fingerprint density at radius 3 is 2.50 bits per heavy atom. The first-order valence-electron chi connectivity index (χ1n) is 7.41. The molecule has 2 aromatic carbocycles. The highest BCUT2D eigenvalue weighted by atomic mass is 16.5. The van der Waals surface area contributed by atoms with E-state index < -0.39 is 0 Å². The molecule has 0 amide bonds. The van der Waals surface area contributed by atoms with Crippen LogP contribution >= 0.6 is 0 Å². The number of nitrogens with one attached hydrogen (secondary N) is 1. The van der Waals surface area contributed by atoms with Crippen LogP contribution < -0.4 is 5.32 Å². The van der Waals surface area contributed by atoms with Gasteiger partial charge in [-0.25, -0.2) is 0 Å². The van der Waals surface area contributed by atoms with Crippen molar-refractivity contribution in [1.29, 1.82) is 0 Å². The maximum Gasteiger partial charge on any atom is 0.307 e. The molecule has 2 aromatic rings. The van der Waals surface area contributed by atoms with Crippen molar-refractivity contribution in [2.24, 2.45) is 0 Å². The summed E-state index contributed by atoms with van der Waals surface area (Å²) in [6, 6.07) is 16.7. The van der Waals surface area contributed by atoms with Crippen LogP contribution in [-0.2, 0) is 16.1 Å². The molecular weight excluding hydrogens is 278 g/mol. The molecule has 0 aromatic heterocycles. The molecule has 4 nitrogen and oxygen atoms in total. The molecule has 0 fully saturated rings. The van der Waals surface area contributed by atoms with E-state index >= 15 is 0 Å². The highest BCUT2D eigenvalue weighted by Crippen LogP contribution is 2.26. The number of hydrogen-bond acceptors (Lipinski definition) is 4. The van der Waals surface area contributed by atoms with E-state index in [2.05, 4.69) is 5.32 Å². The highest BCUT2D eigenvalue weighted by molar-refractivity contribution is 5.70. The summed E-state index contributed by atoms with van der Waals surface area (Å²) in [5.74, 6) is -0.103. The third kappa shape index (κ3) is 4.60. The summed E-state index contributed by atoms with van der Waals surface area (Å²) >= 11 is 0. The first-order chi connectivity index (χ1) is 10.7. The lowest BCUT2D eigenvalue weighted by molar-refractivity contribution is -0.143. The Hall–Kier alpha value is -2.33. The number of esters is 1. The minimum atomic E-state index is -0.291. The Labute approximate surface area is 130 Å². The van der Waals surface area contributed by atoms with Crippen molar-refractivity contribution in [3.8, 4) is 5.75 Å². The number of hydrogen-bond donors (Lipinski definition) is 2. The molecule has 0 aliphatic rings. The Bertz CT molecular complexity index is 598. The van der Waals surface area contributed by atoms with Gasteiger partial charge in [-0.2, -0.15) is 0 Å². The van der Waals surface area contributed by atoms with E-state index in [4.69, 9.17) is 4.74 Å². The summed E-state index contributed by atoms with van der Waals surface area (Å²) in [6.07, 6.45) is 0.179. The normalized spacial score (nSPS) is 11.9. The second-order valence-electron chi connectivity index (χ2n) is 4.99. The minimum absolute atomic E-state index is 0.178. The highest BCUT2D eigenvalue weighted by Gasteiger charge is 2.19. The van der Waals surface area contributed by atoms with Gasteiger partial charge in [0.25, 0.3) is 0 Å². The topological polar surface area (TPSA) is 58.6 Å². The summed E-state index contributed by atoms with van der Waals surface area (Å²) in [7, 11) is 0. The number of aromatic hydroxyl groups is 1. The quantitative estimate of drug-likeness (QED) is 0.771. The summed E-state index contributed by atoms with van der Waals surface area (Å²) < 4.78 is 5.03. The van der Waals surface area contributed by atoms with Crippen LogP contribution in [0.15, 0.2) is 54.6 Å². The first kappa shape index (κ1) is 16.0. The molecule has 0 heterocycles. The zero-order chi connectivity index (χ0) is 15.8. The number of para-hydroxylation sites is 1. The van der Waals surface area contributed by atoms with Crippen LogP contribution in [0.4, 0.5) is 0 Å². The van der Waals surface area contributed by atoms with Gasteiger partial charge in [0.2, 0.25) is 0 Å². The summed E-state index contributed by atoms with van der Waals surface area (Å²) in [5.41, 5.74) is 1.82. The number of benzene rings is 2. The molecule has 0 saturated carbocycles. The number of phenolic OH excluding ortho intramolecular Hbond substituents is 1.